The van der Waals surface area contributed by atoms with Crippen LogP contribution < -0.4 is 5.73 Å². The molecule has 0 aliphatic heterocycles. The lowest BCUT2D eigenvalue weighted by molar-refractivity contribution is 0.439. The molecule has 0 spiro atoms. The maximum absolute atomic E-state index is 9.05. The Bertz CT molecular complexity index is 220. The highest BCUT2D eigenvalue weighted by atomic mass is 35.5. The summed E-state index contributed by atoms with van der Waals surface area (Å²) in [5.41, 5.74) is 5.62. The predicted molar refractivity (Wildman–Crippen MR) is 44.9 cm³/mol. The fourth-order valence-corrected chi connectivity index (χ4v) is 0.772. The molecule has 4 heteroatoms. The van der Waals surface area contributed by atoms with Gasteiger partial charge in [0.1, 0.15) is 11.5 Å². The standard InChI is InChI=1S/C7H9NO2.ClH/c8-4-5-6(9)2-1-3-7(5)10;/h1-3,9-10H,4,8H2;1H. The van der Waals surface area contributed by atoms with Crippen molar-refractivity contribution in [3.8, 4) is 11.5 Å². The molecule has 3 nitrogen and oxygen atoms in total. The summed E-state index contributed by atoms with van der Waals surface area (Å²) in [6.07, 6.45) is 0. The van der Waals surface area contributed by atoms with Gasteiger partial charge in [0.25, 0.3) is 0 Å². The van der Waals surface area contributed by atoms with Gasteiger partial charge in [0, 0.05) is 12.1 Å². The number of nitrogens with two attached hydrogens (primary N) is 1. The molecule has 1 aromatic carbocycles. The summed E-state index contributed by atoms with van der Waals surface area (Å²) < 4.78 is 0. The number of phenolic OH excluding ortho intramolecular Hbond substituents is 2. The first-order chi connectivity index (χ1) is 4.75. The lowest BCUT2D eigenvalue weighted by Crippen LogP contribution is -1.96. The lowest BCUT2D eigenvalue weighted by atomic mass is 10.2. The molecule has 0 fully saturated rings. The Hall–Kier alpha value is -0.930. The van der Waals surface area contributed by atoms with E-state index in [4.69, 9.17) is 15.9 Å². The quantitative estimate of drug-likeness (QED) is 0.596. The zero-order valence-electron chi connectivity index (χ0n) is 5.82. The maximum atomic E-state index is 9.05. The third-order valence-corrected chi connectivity index (χ3v) is 1.33. The first-order valence-electron chi connectivity index (χ1n) is 2.95. The summed E-state index contributed by atoms with van der Waals surface area (Å²) in [5, 5.41) is 18.1. The van der Waals surface area contributed by atoms with Crippen LogP contribution in [0.1, 0.15) is 5.56 Å². The molecular weight excluding hydrogens is 166 g/mol. The highest BCUT2D eigenvalue weighted by molar-refractivity contribution is 5.85. The fraction of sp³-hybridized carbons (Fsp3) is 0.143. The molecule has 0 radical (unpaired) electrons. The van der Waals surface area contributed by atoms with Gasteiger partial charge < -0.3 is 15.9 Å². The minimum Gasteiger partial charge on any atom is -0.507 e. The van der Waals surface area contributed by atoms with Crippen LogP contribution in [0.15, 0.2) is 18.2 Å². The van der Waals surface area contributed by atoms with Crippen molar-refractivity contribution >= 4 is 12.4 Å². The largest absolute Gasteiger partial charge is 0.507 e. The van der Waals surface area contributed by atoms with E-state index in [1.807, 2.05) is 0 Å². The minimum absolute atomic E-state index is 0. The van der Waals surface area contributed by atoms with Gasteiger partial charge in [0.05, 0.1) is 0 Å². The van der Waals surface area contributed by atoms with Crippen LogP contribution in [-0.2, 0) is 6.54 Å². The molecule has 0 atom stereocenters. The van der Waals surface area contributed by atoms with Crippen LogP contribution in [0.5, 0.6) is 11.5 Å². The molecule has 11 heavy (non-hydrogen) atoms. The second-order valence-corrected chi connectivity index (χ2v) is 1.98. The minimum atomic E-state index is 0. The number of benzene rings is 1. The van der Waals surface area contributed by atoms with E-state index in [1.165, 1.54) is 12.1 Å². The summed E-state index contributed by atoms with van der Waals surface area (Å²) in [5.74, 6) is 0.0880. The SMILES string of the molecule is Cl.NCc1c(O)cccc1O. The number of rotatable bonds is 1. The van der Waals surface area contributed by atoms with E-state index in [0.29, 0.717) is 5.56 Å². The summed E-state index contributed by atoms with van der Waals surface area (Å²) in [7, 11) is 0. The van der Waals surface area contributed by atoms with E-state index in [1.54, 1.807) is 6.07 Å². The molecule has 0 bridgehead atoms. The van der Waals surface area contributed by atoms with Gasteiger partial charge in [-0.05, 0) is 12.1 Å². The molecule has 1 aromatic rings. The van der Waals surface area contributed by atoms with Crippen LogP contribution in [0, 0.1) is 0 Å². The zero-order chi connectivity index (χ0) is 7.56. The highest BCUT2D eigenvalue weighted by Crippen LogP contribution is 2.24. The van der Waals surface area contributed by atoms with Crippen molar-refractivity contribution in [1.82, 2.24) is 0 Å². The van der Waals surface area contributed by atoms with Crippen LogP contribution in [0.3, 0.4) is 0 Å². The Labute approximate surface area is 70.9 Å². The summed E-state index contributed by atoms with van der Waals surface area (Å²) in [4.78, 5) is 0. The van der Waals surface area contributed by atoms with Gasteiger partial charge in [0.15, 0.2) is 0 Å². The van der Waals surface area contributed by atoms with Crippen molar-refractivity contribution in [3.05, 3.63) is 23.8 Å². The summed E-state index contributed by atoms with van der Waals surface area (Å²) >= 11 is 0. The fourth-order valence-electron chi connectivity index (χ4n) is 0.772. The Morgan fingerprint density at radius 1 is 1.18 bits per heavy atom. The Balaban J connectivity index is 0.000001000. The average molecular weight is 176 g/mol. The normalized spacial score (nSPS) is 8.82. The predicted octanol–water partition coefficient (Wildman–Crippen LogP) is 0.978. The second kappa shape index (κ2) is 4.05. The first kappa shape index (κ1) is 10.1. The van der Waals surface area contributed by atoms with Crippen molar-refractivity contribution < 1.29 is 10.2 Å². The average Bonchev–Trinajstić information content (AvgIpc) is 1.88. The molecule has 62 valence electrons. The molecule has 1 rings (SSSR count). The molecule has 0 aliphatic rings. The monoisotopic (exact) mass is 175 g/mol. The van der Waals surface area contributed by atoms with Gasteiger partial charge >= 0.3 is 0 Å². The molecule has 0 unspecified atom stereocenters. The second-order valence-electron chi connectivity index (χ2n) is 1.98. The molecule has 0 saturated heterocycles. The number of aromatic hydroxyl groups is 2. The van der Waals surface area contributed by atoms with Crippen LogP contribution in [0.4, 0.5) is 0 Å². The van der Waals surface area contributed by atoms with Crippen molar-refractivity contribution in [1.29, 1.82) is 0 Å². The Morgan fingerprint density at radius 3 is 1.91 bits per heavy atom. The number of hydrogen-bond acceptors (Lipinski definition) is 3. The van der Waals surface area contributed by atoms with Gasteiger partial charge in [0.2, 0.25) is 0 Å². The molecule has 0 aliphatic carbocycles. The van der Waals surface area contributed by atoms with E-state index in [0.717, 1.165) is 0 Å². The van der Waals surface area contributed by atoms with Crippen LogP contribution >= 0.6 is 12.4 Å². The molecule has 4 N–H and O–H groups in total. The summed E-state index contributed by atoms with van der Waals surface area (Å²) in [6, 6.07) is 4.54. The van der Waals surface area contributed by atoms with E-state index in [2.05, 4.69) is 0 Å². The third-order valence-electron chi connectivity index (χ3n) is 1.33. The lowest BCUT2D eigenvalue weighted by Gasteiger charge is -2.01. The van der Waals surface area contributed by atoms with Crippen LogP contribution in [-0.4, -0.2) is 10.2 Å². The van der Waals surface area contributed by atoms with Gasteiger partial charge in [-0.15, -0.1) is 12.4 Å². The molecule has 0 aromatic heterocycles. The van der Waals surface area contributed by atoms with E-state index < -0.39 is 0 Å². The number of phenols is 2. The highest BCUT2D eigenvalue weighted by Gasteiger charge is 2.02. The number of halogens is 1. The van der Waals surface area contributed by atoms with E-state index >= 15 is 0 Å². The smallest absolute Gasteiger partial charge is 0.123 e. The van der Waals surface area contributed by atoms with Gasteiger partial charge in [-0.1, -0.05) is 6.07 Å². The van der Waals surface area contributed by atoms with Gasteiger partial charge in [-0.2, -0.15) is 0 Å². The first-order valence-corrected chi connectivity index (χ1v) is 2.95. The molecular formula is C7H10ClNO2. The van der Waals surface area contributed by atoms with Crippen molar-refractivity contribution in [2.24, 2.45) is 5.73 Å². The van der Waals surface area contributed by atoms with Crippen molar-refractivity contribution in [3.63, 3.8) is 0 Å². The Morgan fingerprint density at radius 2 is 1.64 bits per heavy atom. The van der Waals surface area contributed by atoms with Crippen molar-refractivity contribution in [2.45, 2.75) is 6.54 Å². The van der Waals surface area contributed by atoms with Gasteiger partial charge in [-0.25, -0.2) is 0 Å². The zero-order valence-corrected chi connectivity index (χ0v) is 6.64. The maximum Gasteiger partial charge on any atom is 0.123 e. The van der Waals surface area contributed by atoms with Crippen LogP contribution in [0.2, 0.25) is 0 Å². The topological polar surface area (TPSA) is 66.5 Å². The van der Waals surface area contributed by atoms with E-state index in [-0.39, 0.29) is 30.5 Å². The molecule has 0 heterocycles. The van der Waals surface area contributed by atoms with Crippen molar-refractivity contribution in [2.75, 3.05) is 0 Å². The van der Waals surface area contributed by atoms with Gasteiger partial charge in [-0.3, -0.25) is 0 Å². The summed E-state index contributed by atoms with van der Waals surface area (Å²) in [6.45, 7) is 0.151. The Kier molecular flexibility index (Phi) is 3.71. The van der Waals surface area contributed by atoms with Crippen LogP contribution in [0.25, 0.3) is 0 Å². The van der Waals surface area contributed by atoms with E-state index in [9.17, 15) is 0 Å². The number of hydrogen-bond donors (Lipinski definition) is 3. The molecule has 0 amide bonds. The molecule has 0 saturated carbocycles. The third kappa shape index (κ3) is 2.00.